The molecule has 0 radical (unpaired) electrons. The van der Waals surface area contributed by atoms with E-state index in [1.54, 1.807) is 37.4 Å². The normalized spacial score (nSPS) is 15.8. The van der Waals surface area contributed by atoms with Gasteiger partial charge in [-0.3, -0.25) is 9.35 Å². The number of aromatic nitrogens is 3. The molecule has 13 heteroatoms. The first-order valence-electron chi connectivity index (χ1n) is 7.95. The van der Waals surface area contributed by atoms with Crippen LogP contribution < -0.4 is 10.0 Å². The standard InChI is InChI=1S/C15H18Cl2FN5O4S/c1-8(21-28(26)27)12-7-23(22-20-12)10-4-2-9(3-5-10)13(24)11(6-18)19-15(25)14(16)17/h2-5,7-8,11,13-14,21,24H,6H2,1H3,(H,19,25)(H,26,27)/t8?,11-,13-/m1/s1. The third-order valence-corrected chi connectivity index (χ3v) is 4.76. The van der Waals surface area contributed by atoms with Crippen LogP contribution in [-0.4, -0.2) is 52.3 Å². The molecule has 0 spiro atoms. The Morgan fingerprint density at radius 2 is 2.00 bits per heavy atom. The van der Waals surface area contributed by atoms with Gasteiger partial charge in [-0.1, -0.05) is 40.5 Å². The van der Waals surface area contributed by atoms with Crippen molar-refractivity contribution in [2.75, 3.05) is 6.67 Å². The summed E-state index contributed by atoms with van der Waals surface area (Å²) < 4.78 is 36.7. The average molecular weight is 454 g/mol. The van der Waals surface area contributed by atoms with E-state index in [1.165, 1.54) is 4.68 Å². The number of hydrogen-bond acceptors (Lipinski definition) is 5. The van der Waals surface area contributed by atoms with Crippen molar-refractivity contribution in [3.8, 4) is 5.69 Å². The minimum atomic E-state index is -2.18. The zero-order chi connectivity index (χ0) is 20.8. The molecule has 154 valence electrons. The molecule has 4 atom stereocenters. The van der Waals surface area contributed by atoms with Crippen molar-refractivity contribution in [3.63, 3.8) is 0 Å². The summed E-state index contributed by atoms with van der Waals surface area (Å²) in [7, 11) is 0. The van der Waals surface area contributed by atoms with Gasteiger partial charge in [-0.2, -0.15) is 0 Å². The van der Waals surface area contributed by atoms with Crippen LogP contribution in [0.2, 0.25) is 0 Å². The Hall–Kier alpha value is -1.63. The minimum absolute atomic E-state index is 0.360. The van der Waals surface area contributed by atoms with E-state index in [9.17, 15) is 18.5 Å². The summed E-state index contributed by atoms with van der Waals surface area (Å²) in [5, 5.41) is 20.4. The predicted octanol–water partition coefficient (Wildman–Crippen LogP) is 1.35. The molecule has 1 heterocycles. The van der Waals surface area contributed by atoms with Crippen LogP contribution in [0, 0.1) is 0 Å². The summed E-state index contributed by atoms with van der Waals surface area (Å²) >= 11 is 8.65. The highest BCUT2D eigenvalue weighted by Crippen LogP contribution is 2.20. The lowest BCUT2D eigenvalue weighted by atomic mass is 10.0. The molecule has 0 fully saturated rings. The number of aliphatic hydroxyl groups excluding tert-OH is 1. The molecule has 2 rings (SSSR count). The number of alkyl halides is 3. The van der Waals surface area contributed by atoms with Gasteiger partial charge in [-0.15, -0.1) is 5.10 Å². The molecule has 0 aliphatic rings. The van der Waals surface area contributed by atoms with Gasteiger partial charge in [-0.05, 0) is 24.6 Å². The van der Waals surface area contributed by atoms with Gasteiger partial charge in [0, 0.05) is 0 Å². The molecule has 28 heavy (non-hydrogen) atoms. The van der Waals surface area contributed by atoms with Gasteiger partial charge >= 0.3 is 0 Å². The van der Waals surface area contributed by atoms with E-state index in [-0.39, 0.29) is 0 Å². The van der Waals surface area contributed by atoms with Crippen molar-refractivity contribution in [2.24, 2.45) is 0 Å². The Morgan fingerprint density at radius 1 is 1.36 bits per heavy atom. The number of amides is 1. The van der Waals surface area contributed by atoms with Crippen molar-refractivity contribution in [2.45, 2.75) is 29.9 Å². The highest BCUT2D eigenvalue weighted by molar-refractivity contribution is 7.77. The third kappa shape index (κ3) is 5.93. The number of benzene rings is 1. The van der Waals surface area contributed by atoms with Crippen LogP contribution in [0.1, 0.15) is 30.3 Å². The zero-order valence-electron chi connectivity index (χ0n) is 14.5. The molecule has 1 amide bonds. The molecular formula is C15H18Cl2FN5O4S. The lowest BCUT2D eigenvalue weighted by molar-refractivity contribution is -0.121. The maximum atomic E-state index is 13.2. The van der Waals surface area contributed by atoms with Crippen LogP contribution in [0.15, 0.2) is 30.5 Å². The zero-order valence-corrected chi connectivity index (χ0v) is 16.8. The fraction of sp³-hybridized carbons (Fsp3) is 0.400. The second-order valence-electron chi connectivity index (χ2n) is 5.78. The number of halogens is 3. The summed E-state index contributed by atoms with van der Waals surface area (Å²) in [5.41, 5.74) is 1.40. The molecule has 4 N–H and O–H groups in total. The Kier molecular flexibility index (Phi) is 8.28. The quantitative estimate of drug-likeness (QED) is 0.334. The summed E-state index contributed by atoms with van der Waals surface area (Å²) in [6, 6.07) is 4.61. The first-order valence-corrected chi connectivity index (χ1v) is 9.93. The van der Waals surface area contributed by atoms with E-state index in [4.69, 9.17) is 27.8 Å². The molecule has 0 saturated carbocycles. The molecule has 2 unspecified atom stereocenters. The van der Waals surface area contributed by atoms with Crippen molar-refractivity contribution in [3.05, 3.63) is 41.7 Å². The van der Waals surface area contributed by atoms with Crippen LogP contribution in [0.5, 0.6) is 0 Å². The monoisotopic (exact) mass is 453 g/mol. The Morgan fingerprint density at radius 3 is 2.54 bits per heavy atom. The van der Waals surface area contributed by atoms with Gasteiger partial charge in [0.1, 0.15) is 18.5 Å². The van der Waals surface area contributed by atoms with Crippen molar-refractivity contribution in [1.82, 2.24) is 25.0 Å². The van der Waals surface area contributed by atoms with Gasteiger partial charge in [-0.25, -0.2) is 18.0 Å². The van der Waals surface area contributed by atoms with Crippen LogP contribution in [-0.2, 0) is 16.1 Å². The molecule has 1 aromatic carbocycles. The van der Waals surface area contributed by atoms with E-state index >= 15 is 0 Å². The van der Waals surface area contributed by atoms with E-state index in [0.717, 1.165) is 0 Å². The smallest absolute Gasteiger partial charge is 0.253 e. The Labute approximate surface area is 172 Å². The fourth-order valence-corrected chi connectivity index (χ4v) is 2.87. The number of carbonyl (C=O) groups excluding carboxylic acids is 1. The van der Waals surface area contributed by atoms with Gasteiger partial charge in [0.2, 0.25) is 11.3 Å². The van der Waals surface area contributed by atoms with Crippen molar-refractivity contribution < 1.29 is 23.1 Å². The van der Waals surface area contributed by atoms with Gasteiger partial charge in [0.25, 0.3) is 5.91 Å². The largest absolute Gasteiger partial charge is 0.386 e. The molecule has 1 aromatic heterocycles. The van der Waals surface area contributed by atoms with Crippen molar-refractivity contribution >= 4 is 40.4 Å². The average Bonchev–Trinajstić information content (AvgIpc) is 3.15. The number of hydrogen-bond donors (Lipinski definition) is 4. The summed E-state index contributed by atoms with van der Waals surface area (Å²) in [6.45, 7) is 0.637. The number of carbonyl (C=O) groups is 1. The number of aliphatic hydroxyl groups is 1. The predicted molar refractivity (Wildman–Crippen MR) is 102 cm³/mol. The molecule has 0 aliphatic heterocycles. The highest BCUT2D eigenvalue weighted by Gasteiger charge is 2.25. The van der Waals surface area contributed by atoms with E-state index < -0.39 is 46.9 Å². The lowest BCUT2D eigenvalue weighted by Gasteiger charge is -2.22. The third-order valence-electron chi connectivity index (χ3n) is 3.80. The summed E-state index contributed by atoms with van der Waals surface area (Å²) in [4.78, 5) is 10.1. The second-order valence-corrected chi connectivity index (χ2v) is 7.61. The molecule has 2 aromatic rings. The maximum Gasteiger partial charge on any atom is 0.253 e. The number of nitrogens with zero attached hydrogens (tertiary/aromatic N) is 3. The molecule has 0 bridgehead atoms. The van der Waals surface area contributed by atoms with Crippen LogP contribution in [0.4, 0.5) is 4.39 Å². The Bertz CT molecular complexity index is 823. The van der Waals surface area contributed by atoms with Crippen molar-refractivity contribution in [1.29, 1.82) is 0 Å². The van der Waals surface area contributed by atoms with Crippen LogP contribution >= 0.6 is 23.2 Å². The molecular weight excluding hydrogens is 436 g/mol. The summed E-state index contributed by atoms with van der Waals surface area (Å²) in [6.07, 6.45) is 0.256. The van der Waals surface area contributed by atoms with Crippen LogP contribution in [0.25, 0.3) is 5.69 Å². The molecule has 0 saturated heterocycles. The van der Waals surface area contributed by atoms with Crippen LogP contribution in [0.3, 0.4) is 0 Å². The van der Waals surface area contributed by atoms with Gasteiger partial charge < -0.3 is 10.4 Å². The van der Waals surface area contributed by atoms with E-state index in [2.05, 4.69) is 20.4 Å². The lowest BCUT2D eigenvalue weighted by Crippen LogP contribution is -2.43. The number of nitrogens with one attached hydrogen (secondary N) is 2. The number of rotatable bonds is 9. The first kappa shape index (κ1) is 22.7. The minimum Gasteiger partial charge on any atom is -0.386 e. The topological polar surface area (TPSA) is 129 Å². The fourth-order valence-electron chi connectivity index (χ4n) is 2.32. The first-order chi connectivity index (χ1) is 13.2. The van der Waals surface area contributed by atoms with E-state index in [0.29, 0.717) is 16.9 Å². The van der Waals surface area contributed by atoms with E-state index in [1.807, 2.05) is 0 Å². The summed E-state index contributed by atoms with van der Waals surface area (Å²) in [5.74, 6) is -0.802. The Balaban J connectivity index is 2.11. The SMILES string of the molecule is CC(NS(=O)O)c1cn(-c2ccc([C@@H](O)[C@@H](CF)NC(=O)C(Cl)Cl)cc2)nn1. The maximum absolute atomic E-state index is 13.2. The van der Waals surface area contributed by atoms with Gasteiger partial charge in [0.15, 0.2) is 4.84 Å². The highest BCUT2D eigenvalue weighted by atomic mass is 35.5. The second kappa shape index (κ2) is 10.2. The molecule has 0 aliphatic carbocycles. The molecule has 9 nitrogen and oxygen atoms in total. The van der Waals surface area contributed by atoms with Gasteiger partial charge in [0.05, 0.1) is 24.0 Å².